The minimum absolute atomic E-state index is 0.0122. The van der Waals surface area contributed by atoms with Gasteiger partial charge in [-0.1, -0.05) is 24.3 Å². The number of anilines is 3. The van der Waals surface area contributed by atoms with Gasteiger partial charge in [0.2, 0.25) is 0 Å². The van der Waals surface area contributed by atoms with Crippen LogP contribution in [0.3, 0.4) is 0 Å². The fourth-order valence-electron chi connectivity index (χ4n) is 3.26. The van der Waals surface area contributed by atoms with Crippen LogP contribution in [0.25, 0.3) is 5.57 Å². The van der Waals surface area contributed by atoms with Crippen LogP contribution >= 0.6 is 0 Å². The van der Waals surface area contributed by atoms with Crippen molar-refractivity contribution < 1.29 is 19.4 Å². The van der Waals surface area contributed by atoms with Crippen LogP contribution in [0, 0.1) is 0 Å². The summed E-state index contributed by atoms with van der Waals surface area (Å²) in [6, 6.07) is 16.6. The van der Waals surface area contributed by atoms with Gasteiger partial charge in [-0.15, -0.1) is 0 Å². The number of hydrogen-bond donors (Lipinski definition) is 4. The highest BCUT2D eigenvalue weighted by Gasteiger charge is 2.25. The lowest BCUT2D eigenvalue weighted by Crippen LogP contribution is -2.05. The molecule has 4 rings (SSSR count). The van der Waals surface area contributed by atoms with Gasteiger partial charge in [0.25, 0.3) is 5.91 Å². The molecule has 0 atom stereocenters. The number of rotatable bonds is 5. The van der Waals surface area contributed by atoms with Gasteiger partial charge in [-0.25, -0.2) is 0 Å². The number of phenolic OH excluding ortho intramolecular Hbond substituents is 1. The molecule has 1 aliphatic rings. The highest BCUT2D eigenvalue weighted by Crippen LogP contribution is 2.34. The third kappa shape index (κ3) is 3.56. The van der Waals surface area contributed by atoms with E-state index in [-0.39, 0.29) is 17.4 Å². The van der Waals surface area contributed by atoms with E-state index in [0.29, 0.717) is 45.1 Å². The molecule has 0 radical (unpaired) electrons. The Morgan fingerprint density at radius 1 is 1.10 bits per heavy atom. The van der Waals surface area contributed by atoms with Crippen LogP contribution in [-0.4, -0.2) is 23.9 Å². The average Bonchev–Trinajstić information content (AvgIpc) is 3.06. The quantitative estimate of drug-likeness (QED) is 0.295. The Morgan fingerprint density at radius 2 is 1.90 bits per heavy atom. The number of fused-ring (bicyclic) bond motifs is 1. The molecule has 1 amide bonds. The van der Waals surface area contributed by atoms with Crippen molar-refractivity contribution in [1.82, 2.24) is 0 Å². The van der Waals surface area contributed by atoms with Crippen molar-refractivity contribution in [3.8, 4) is 11.5 Å². The molecule has 0 unspecified atom stereocenters. The van der Waals surface area contributed by atoms with E-state index in [1.54, 1.807) is 60.8 Å². The number of ether oxygens (including phenoxy) is 1. The number of phenols is 1. The van der Waals surface area contributed by atoms with Gasteiger partial charge in [-0.05, 0) is 30.3 Å². The molecule has 7 heteroatoms. The van der Waals surface area contributed by atoms with Gasteiger partial charge < -0.3 is 26.2 Å². The number of carbonyl (C=O) groups excluding carboxylic acids is 2. The number of amides is 1. The van der Waals surface area contributed by atoms with E-state index in [1.807, 2.05) is 0 Å². The van der Waals surface area contributed by atoms with E-state index in [9.17, 15) is 14.7 Å². The summed E-state index contributed by atoms with van der Waals surface area (Å²) < 4.78 is 5.02. The minimum atomic E-state index is -0.288. The smallest absolute Gasteiger partial charge is 0.257 e. The second-order valence-corrected chi connectivity index (χ2v) is 6.76. The lowest BCUT2D eigenvalue weighted by Gasteiger charge is -2.07. The number of carbonyl (C=O) groups is 2. The monoisotopic (exact) mass is 401 g/mol. The predicted molar refractivity (Wildman–Crippen MR) is 116 cm³/mol. The van der Waals surface area contributed by atoms with E-state index in [4.69, 9.17) is 10.5 Å². The first-order valence-electron chi connectivity index (χ1n) is 9.16. The van der Waals surface area contributed by atoms with E-state index < -0.39 is 0 Å². The Labute approximate surface area is 172 Å². The van der Waals surface area contributed by atoms with Crippen molar-refractivity contribution in [3.05, 3.63) is 83.6 Å². The molecule has 5 N–H and O–H groups in total. The van der Waals surface area contributed by atoms with Gasteiger partial charge in [-0.3, -0.25) is 9.59 Å². The molecule has 0 aromatic heterocycles. The highest BCUT2D eigenvalue weighted by molar-refractivity contribution is 6.32. The summed E-state index contributed by atoms with van der Waals surface area (Å²) in [7, 11) is 1.47. The standard InChI is InChI=1S/C23H19N3O4/c1-30-21-8-6-16(11-20(21)27)25-12-18-17-7-5-14(10-19(17)26-23(18)29)22(28)13-3-2-4-15(24)9-13/h2-12,25,27H,24H2,1H3,(H,26,29). The van der Waals surface area contributed by atoms with E-state index >= 15 is 0 Å². The number of hydrogen-bond acceptors (Lipinski definition) is 6. The SMILES string of the molecule is COc1ccc(NC=C2C(=O)Nc3cc(C(=O)c4cccc(N)c4)ccc32)cc1O. The zero-order chi connectivity index (χ0) is 21.3. The number of nitrogens with one attached hydrogen (secondary N) is 2. The maximum Gasteiger partial charge on any atom is 0.257 e. The molecular weight excluding hydrogens is 382 g/mol. The molecule has 0 aliphatic carbocycles. The topological polar surface area (TPSA) is 114 Å². The van der Waals surface area contributed by atoms with Crippen LogP contribution in [0.1, 0.15) is 21.5 Å². The Balaban J connectivity index is 1.59. The Morgan fingerprint density at radius 3 is 2.63 bits per heavy atom. The summed E-state index contributed by atoms with van der Waals surface area (Å²) in [6.07, 6.45) is 1.56. The molecule has 7 nitrogen and oxygen atoms in total. The van der Waals surface area contributed by atoms with Gasteiger partial charge in [0.1, 0.15) is 0 Å². The molecular formula is C23H19N3O4. The Bertz CT molecular complexity index is 1200. The van der Waals surface area contributed by atoms with E-state index in [2.05, 4.69) is 10.6 Å². The average molecular weight is 401 g/mol. The van der Waals surface area contributed by atoms with Crippen LogP contribution in [-0.2, 0) is 4.79 Å². The second-order valence-electron chi connectivity index (χ2n) is 6.76. The molecule has 0 saturated heterocycles. The summed E-state index contributed by atoms with van der Waals surface area (Å²) in [5, 5.41) is 15.7. The van der Waals surface area contributed by atoms with Crippen molar-refractivity contribution in [2.45, 2.75) is 0 Å². The van der Waals surface area contributed by atoms with E-state index in [1.165, 1.54) is 13.2 Å². The van der Waals surface area contributed by atoms with Crippen molar-refractivity contribution >= 4 is 34.3 Å². The third-order valence-electron chi connectivity index (χ3n) is 4.78. The lowest BCUT2D eigenvalue weighted by atomic mass is 9.99. The zero-order valence-corrected chi connectivity index (χ0v) is 16.1. The van der Waals surface area contributed by atoms with Gasteiger partial charge in [0, 0.05) is 46.0 Å². The summed E-state index contributed by atoms with van der Waals surface area (Å²) in [5.74, 6) is -0.121. The number of benzene rings is 3. The van der Waals surface area contributed by atoms with Crippen molar-refractivity contribution in [2.75, 3.05) is 23.5 Å². The molecule has 3 aromatic carbocycles. The van der Waals surface area contributed by atoms with Crippen molar-refractivity contribution in [2.24, 2.45) is 0 Å². The molecule has 0 bridgehead atoms. The van der Waals surface area contributed by atoms with Crippen LogP contribution in [0.4, 0.5) is 17.1 Å². The molecule has 0 fully saturated rings. The molecule has 1 aliphatic heterocycles. The first-order valence-corrected chi connectivity index (χ1v) is 9.16. The van der Waals surface area contributed by atoms with Gasteiger partial charge >= 0.3 is 0 Å². The molecule has 0 saturated carbocycles. The molecule has 1 heterocycles. The number of ketones is 1. The Kier molecular flexibility index (Phi) is 4.85. The Hall–Kier alpha value is -4.26. The van der Waals surface area contributed by atoms with Gasteiger partial charge in [0.15, 0.2) is 17.3 Å². The summed E-state index contributed by atoms with van der Waals surface area (Å²) in [4.78, 5) is 25.2. The maximum absolute atomic E-state index is 12.7. The van der Waals surface area contributed by atoms with Crippen molar-refractivity contribution in [1.29, 1.82) is 0 Å². The second kappa shape index (κ2) is 7.63. The fraction of sp³-hybridized carbons (Fsp3) is 0.0435. The normalized spacial score (nSPS) is 13.6. The molecule has 0 spiro atoms. The zero-order valence-electron chi connectivity index (χ0n) is 16.1. The number of nitrogen functional groups attached to an aromatic ring is 1. The number of methoxy groups -OCH3 is 1. The highest BCUT2D eigenvalue weighted by atomic mass is 16.5. The van der Waals surface area contributed by atoms with Crippen molar-refractivity contribution in [3.63, 3.8) is 0 Å². The van der Waals surface area contributed by atoms with Crippen LogP contribution in [0.15, 0.2) is 66.9 Å². The van der Waals surface area contributed by atoms with Gasteiger partial charge in [0.05, 0.1) is 12.7 Å². The first-order chi connectivity index (χ1) is 14.5. The predicted octanol–water partition coefficient (Wildman–Crippen LogP) is 3.62. The van der Waals surface area contributed by atoms with E-state index in [0.717, 1.165) is 0 Å². The minimum Gasteiger partial charge on any atom is -0.504 e. The summed E-state index contributed by atoms with van der Waals surface area (Å²) in [5.41, 5.74) is 9.45. The molecule has 3 aromatic rings. The molecule has 150 valence electrons. The molecule has 30 heavy (non-hydrogen) atoms. The number of nitrogens with two attached hydrogens (primary N) is 1. The first kappa shape index (κ1) is 19.1. The third-order valence-corrected chi connectivity index (χ3v) is 4.78. The fourth-order valence-corrected chi connectivity index (χ4v) is 3.26. The van der Waals surface area contributed by atoms with Gasteiger partial charge in [-0.2, -0.15) is 0 Å². The number of aromatic hydroxyl groups is 1. The summed E-state index contributed by atoms with van der Waals surface area (Å²) >= 11 is 0. The van der Waals surface area contributed by atoms with Crippen LogP contribution < -0.4 is 21.1 Å². The van der Waals surface area contributed by atoms with Crippen LogP contribution in [0.2, 0.25) is 0 Å². The maximum atomic E-state index is 12.7. The summed E-state index contributed by atoms with van der Waals surface area (Å²) in [6.45, 7) is 0. The van der Waals surface area contributed by atoms with Crippen LogP contribution in [0.5, 0.6) is 11.5 Å². The lowest BCUT2D eigenvalue weighted by molar-refractivity contribution is -0.110. The largest absolute Gasteiger partial charge is 0.504 e.